The Kier molecular flexibility index (Phi) is 8.83. The van der Waals surface area contributed by atoms with Gasteiger partial charge in [0.15, 0.2) is 5.13 Å². The second-order valence-electron chi connectivity index (χ2n) is 7.55. The van der Waals surface area contributed by atoms with E-state index in [0.717, 1.165) is 41.2 Å². The molecule has 0 fully saturated rings. The molecule has 8 heteroatoms. The minimum Gasteiger partial charge on any atom is -0.497 e. The highest BCUT2D eigenvalue weighted by Crippen LogP contribution is 2.27. The van der Waals surface area contributed by atoms with Crippen LogP contribution in [0.5, 0.6) is 11.5 Å². The monoisotopic (exact) mass is 467 g/mol. The van der Waals surface area contributed by atoms with E-state index in [9.17, 15) is 9.59 Å². The lowest BCUT2D eigenvalue weighted by Crippen LogP contribution is -2.21. The largest absolute Gasteiger partial charge is 0.497 e. The molecule has 7 nitrogen and oxygen atoms in total. The summed E-state index contributed by atoms with van der Waals surface area (Å²) >= 11 is 1.40. The zero-order valence-electron chi connectivity index (χ0n) is 19.1. The lowest BCUT2D eigenvalue weighted by Gasteiger charge is -2.10. The number of aromatic nitrogens is 1. The molecule has 2 amide bonds. The fourth-order valence-electron chi connectivity index (χ4n) is 3.37. The summed E-state index contributed by atoms with van der Waals surface area (Å²) in [5.74, 6) is 1.36. The Morgan fingerprint density at radius 2 is 1.82 bits per heavy atom. The molecule has 0 atom stereocenters. The molecule has 0 saturated heterocycles. The first kappa shape index (κ1) is 24.3. The van der Waals surface area contributed by atoms with Crippen molar-refractivity contribution in [1.29, 1.82) is 0 Å². The summed E-state index contributed by atoms with van der Waals surface area (Å²) in [6.45, 7) is 2.20. The van der Waals surface area contributed by atoms with Gasteiger partial charge in [-0.05, 0) is 48.6 Å². The van der Waals surface area contributed by atoms with Gasteiger partial charge in [0.2, 0.25) is 11.8 Å². The van der Waals surface area contributed by atoms with Gasteiger partial charge in [-0.3, -0.25) is 9.59 Å². The van der Waals surface area contributed by atoms with Crippen LogP contribution in [-0.4, -0.2) is 37.6 Å². The molecule has 0 saturated carbocycles. The fraction of sp³-hybridized carbons (Fsp3) is 0.320. The van der Waals surface area contributed by atoms with Crippen molar-refractivity contribution < 1.29 is 19.1 Å². The van der Waals surface area contributed by atoms with Crippen LogP contribution in [0.4, 0.5) is 5.13 Å². The Morgan fingerprint density at radius 1 is 1.03 bits per heavy atom. The lowest BCUT2D eigenvalue weighted by atomic mass is 10.1. The second kappa shape index (κ2) is 12.0. The van der Waals surface area contributed by atoms with Crippen LogP contribution >= 0.6 is 11.3 Å². The lowest BCUT2D eigenvalue weighted by molar-refractivity contribution is -0.119. The molecular weight excluding hydrogens is 438 g/mol. The molecule has 3 rings (SSSR count). The first-order chi connectivity index (χ1) is 16.0. The SMILES string of the molecule is COc1ccc(OC)c(CCC(=O)Nc2nc(-c3ccc(CCCNC(C)=O)cc3)cs2)c1. The van der Waals surface area contributed by atoms with Crippen molar-refractivity contribution in [2.45, 2.75) is 32.6 Å². The third-order valence-corrected chi connectivity index (χ3v) is 5.88. The number of anilines is 1. The van der Waals surface area contributed by atoms with Crippen molar-refractivity contribution in [3.05, 3.63) is 59.0 Å². The predicted octanol–water partition coefficient (Wildman–Crippen LogP) is 4.47. The molecule has 0 radical (unpaired) electrons. The molecule has 3 aromatic rings. The quantitative estimate of drug-likeness (QED) is 0.406. The summed E-state index contributed by atoms with van der Waals surface area (Å²) < 4.78 is 10.6. The fourth-order valence-corrected chi connectivity index (χ4v) is 4.11. The number of nitrogens with zero attached hydrogens (tertiary/aromatic N) is 1. The Hall–Kier alpha value is -3.39. The minimum atomic E-state index is -0.102. The van der Waals surface area contributed by atoms with Crippen molar-refractivity contribution >= 4 is 28.3 Å². The van der Waals surface area contributed by atoms with Gasteiger partial charge in [-0.15, -0.1) is 11.3 Å². The highest BCUT2D eigenvalue weighted by atomic mass is 32.1. The van der Waals surface area contributed by atoms with Crippen LogP contribution in [-0.2, 0) is 22.4 Å². The standard InChI is InChI=1S/C25H29N3O4S/c1-17(29)26-14-4-5-18-6-8-19(9-7-18)22-16-33-25(27-22)28-24(30)13-10-20-15-21(31-2)11-12-23(20)32-3/h6-9,11-12,15-16H,4-5,10,13-14H2,1-3H3,(H,26,29)(H,27,28,30). The number of nitrogens with one attached hydrogen (secondary N) is 2. The number of benzene rings is 2. The van der Waals surface area contributed by atoms with Crippen LogP contribution in [0.1, 0.15) is 30.9 Å². The third kappa shape index (κ3) is 7.32. The van der Waals surface area contributed by atoms with Crippen molar-refractivity contribution in [1.82, 2.24) is 10.3 Å². The zero-order valence-corrected chi connectivity index (χ0v) is 20.0. The number of carbonyl (C=O) groups is 2. The average Bonchev–Trinajstić information content (AvgIpc) is 3.28. The number of hydrogen-bond donors (Lipinski definition) is 2. The Morgan fingerprint density at radius 3 is 2.52 bits per heavy atom. The summed E-state index contributed by atoms with van der Waals surface area (Å²) in [5, 5.41) is 8.20. The van der Waals surface area contributed by atoms with Gasteiger partial charge >= 0.3 is 0 Å². The van der Waals surface area contributed by atoms with Crippen molar-refractivity contribution in [2.75, 3.05) is 26.1 Å². The van der Waals surface area contributed by atoms with Crippen molar-refractivity contribution in [3.8, 4) is 22.8 Å². The second-order valence-corrected chi connectivity index (χ2v) is 8.41. The number of thiazole rings is 1. The van der Waals surface area contributed by atoms with Crippen LogP contribution in [0, 0.1) is 0 Å². The van der Waals surface area contributed by atoms with E-state index in [2.05, 4.69) is 27.8 Å². The van der Waals surface area contributed by atoms with E-state index >= 15 is 0 Å². The molecule has 0 spiro atoms. The first-order valence-corrected chi connectivity index (χ1v) is 11.7. The Balaban J connectivity index is 1.52. The van der Waals surface area contributed by atoms with Gasteiger partial charge in [-0.2, -0.15) is 0 Å². The molecule has 0 unspecified atom stereocenters. The average molecular weight is 468 g/mol. The van der Waals surface area contributed by atoms with Gasteiger partial charge in [-0.25, -0.2) is 4.98 Å². The molecule has 2 aromatic carbocycles. The highest BCUT2D eigenvalue weighted by Gasteiger charge is 2.11. The molecule has 0 aliphatic carbocycles. The van der Waals surface area contributed by atoms with E-state index in [4.69, 9.17) is 9.47 Å². The number of amides is 2. The van der Waals surface area contributed by atoms with Gasteiger partial charge in [0.05, 0.1) is 19.9 Å². The van der Waals surface area contributed by atoms with Gasteiger partial charge < -0.3 is 20.1 Å². The third-order valence-electron chi connectivity index (χ3n) is 5.13. The summed E-state index contributed by atoms with van der Waals surface area (Å²) in [6, 6.07) is 13.8. The van der Waals surface area contributed by atoms with E-state index in [1.807, 2.05) is 35.7 Å². The van der Waals surface area contributed by atoms with E-state index in [1.54, 1.807) is 14.2 Å². The van der Waals surface area contributed by atoms with E-state index in [-0.39, 0.29) is 11.8 Å². The molecule has 1 aromatic heterocycles. The molecule has 0 bridgehead atoms. The summed E-state index contributed by atoms with van der Waals surface area (Å²) in [4.78, 5) is 27.9. The molecule has 33 heavy (non-hydrogen) atoms. The summed E-state index contributed by atoms with van der Waals surface area (Å²) in [6.07, 6.45) is 2.64. The molecule has 2 N–H and O–H groups in total. The van der Waals surface area contributed by atoms with Crippen LogP contribution in [0.2, 0.25) is 0 Å². The number of ether oxygens (including phenoxy) is 2. The van der Waals surface area contributed by atoms with Crippen LogP contribution in [0.3, 0.4) is 0 Å². The van der Waals surface area contributed by atoms with Crippen molar-refractivity contribution in [2.24, 2.45) is 0 Å². The normalized spacial score (nSPS) is 10.5. The van der Waals surface area contributed by atoms with Crippen LogP contribution in [0.25, 0.3) is 11.3 Å². The van der Waals surface area contributed by atoms with E-state index in [0.29, 0.717) is 24.5 Å². The maximum Gasteiger partial charge on any atom is 0.226 e. The van der Waals surface area contributed by atoms with Crippen molar-refractivity contribution in [3.63, 3.8) is 0 Å². The Labute approximate surface area is 198 Å². The maximum atomic E-state index is 12.5. The van der Waals surface area contributed by atoms with Gasteiger partial charge in [0.1, 0.15) is 11.5 Å². The molecule has 0 aliphatic rings. The van der Waals surface area contributed by atoms with Gasteiger partial charge in [0.25, 0.3) is 0 Å². The molecule has 1 heterocycles. The molecule has 174 valence electrons. The smallest absolute Gasteiger partial charge is 0.226 e. The number of hydrogen-bond acceptors (Lipinski definition) is 6. The predicted molar refractivity (Wildman–Crippen MR) is 131 cm³/mol. The maximum absolute atomic E-state index is 12.5. The molecule has 0 aliphatic heterocycles. The topological polar surface area (TPSA) is 89.6 Å². The highest BCUT2D eigenvalue weighted by molar-refractivity contribution is 7.14. The number of carbonyl (C=O) groups excluding carboxylic acids is 2. The summed E-state index contributed by atoms with van der Waals surface area (Å²) in [5.41, 5.74) is 3.96. The molecular formula is C25H29N3O4S. The zero-order chi connectivity index (χ0) is 23.6. The minimum absolute atomic E-state index is 0.00296. The Bertz CT molecular complexity index is 1080. The van der Waals surface area contributed by atoms with Crippen LogP contribution in [0.15, 0.2) is 47.8 Å². The number of methoxy groups -OCH3 is 2. The first-order valence-electron chi connectivity index (χ1n) is 10.8. The van der Waals surface area contributed by atoms with Crippen LogP contribution < -0.4 is 20.1 Å². The number of aryl methyl sites for hydroxylation is 2. The van der Waals surface area contributed by atoms with Gasteiger partial charge in [0, 0.05) is 30.8 Å². The van der Waals surface area contributed by atoms with E-state index < -0.39 is 0 Å². The van der Waals surface area contributed by atoms with E-state index in [1.165, 1.54) is 23.8 Å². The van der Waals surface area contributed by atoms with Gasteiger partial charge in [-0.1, -0.05) is 24.3 Å². The summed E-state index contributed by atoms with van der Waals surface area (Å²) in [7, 11) is 3.22. The number of rotatable bonds is 11.